The van der Waals surface area contributed by atoms with Gasteiger partial charge in [-0.15, -0.1) is 0 Å². The van der Waals surface area contributed by atoms with Gasteiger partial charge in [-0.05, 0) is 12.5 Å². The van der Waals surface area contributed by atoms with E-state index in [1.54, 1.807) is 19.4 Å². The van der Waals surface area contributed by atoms with Gasteiger partial charge in [0.1, 0.15) is 11.9 Å². The molecule has 21 heavy (non-hydrogen) atoms. The highest BCUT2D eigenvalue weighted by Crippen LogP contribution is 2.36. The number of anilines is 1. The van der Waals surface area contributed by atoms with Gasteiger partial charge in [0, 0.05) is 19.2 Å². The zero-order valence-corrected chi connectivity index (χ0v) is 12.7. The third-order valence-electron chi connectivity index (χ3n) is 3.83. The van der Waals surface area contributed by atoms with Crippen LogP contribution in [0.5, 0.6) is 0 Å². The zero-order valence-electron chi connectivity index (χ0n) is 12.7. The van der Waals surface area contributed by atoms with E-state index in [9.17, 15) is 4.79 Å². The number of nitrogen functional groups attached to an aromatic ring is 1. The summed E-state index contributed by atoms with van der Waals surface area (Å²) in [6, 6.07) is 1.58. The van der Waals surface area contributed by atoms with Crippen molar-refractivity contribution >= 4 is 5.82 Å². The molecule has 1 aromatic rings. The van der Waals surface area contributed by atoms with E-state index in [-0.39, 0.29) is 23.9 Å². The average Bonchev–Trinajstić information content (AvgIpc) is 2.76. The van der Waals surface area contributed by atoms with Crippen molar-refractivity contribution in [2.24, 2.45) is 5.92 Å². The predicted octanol–water partition coefficient (Wildman–Crippen LogP) is 0.801. The molecule has 0 bridgehead atoms. The largest absolute Gasteiger partial charge is 0.383 e. The molecular weight excluding hydrogens is 274 g/mol. The first-order chi connectivity index (χ1) is 10.1. The SMILES string of the molecule is CC[C@H]1O[C@@H](n2ccc(N)nc2=O)[C@H](OCCOC)[C@@H]1C. The maximum absolute atomic E-state index is 12.0. The van der Waals surface area contributed by atoms with Crippen LogP contribution in [0.2, 0.25) is 0 Å². The third-order valence-corrected chi connectivity index (χ3v) is 3.83. The number of hydrogen-bond donors (Lipinski definition) is 1. The van der Waals surface area contributed by atoms with Crippen molar-refractivity contribution in [3.05, 3.63) is 22.7 Å². The normalized spacial score (nSPS) is 28.9. The fraction of sp³-hybridized carbons (Fsp3) is 0.714. The minimum atomic E-state index is -0.484. The topological polar surface area (TPSA) is 88.6 Å². The predicted molar refractivity (Wildman–Crippen MR) is 77.9 cm³/mol. The van der Waals surface area contributed by atoms with Crippen molar-refractivity contribution in [1.29, 1.82) is 0 Å². The molecule has 1 aromatic heterocycles. The van der Waals surface area contributed by atoms with Crippen LogP contribution in [0.3, 0.4) is 0 Å². The number of hydrogen-bond acceptors (Lipinski definition) is 6. The second kappa shape index (κ2) is 7.02. The Bertz CT molecular complexity index is 519. The summed E-state index contributed by atoms with van der Waals surface area (Å²) in [5, 5.41) is 0. The van der Waals surface area contributed by atoms with E-state index < -0.39 is 11.9 Å². The standard InChI is InChI=1S/C14H23N3O4/c1-4-10-9(2)12(20-8-7-19-3)13(21-10)17-6-5-11(15)16-14(17)18/h5-6,9-10,12-13H,4,7-8H2,1-3H3,(H2,15,16,18)/t9-,10-,12-,13-/m1/s1. The van der Waals surface area contributed by atoms with Gasteiger partial charge in [0.2, 0.25) is 0 Å². The Morgan fingerprint density at radius 1 is 1.48 bits per heavy atom. The van der Waals surface area contributed by atoms with Crippen molar-refractivity contribution in [1.82, 2.24) is 9.55 Å². The van der Waals surface area contributed by atoms with Gasteiger partial charge in [0.25, 0.3) is 0 Å². The Hall–Kier alpha value is -1.44. The number of nitrogens with two attached hydrogens (primary N) is 1. The summed E-state index contributed by atoms with van der Waals surface area (Å²) in [7, 11) is 1.62. The van der Waals surface area contributed by atoms with Crippen molar-refractivity contribution < 1.29 is 14.2 Å². The quantitative estimate of drug-likeness (QED) is 0.781. The highest BCUT2D eigenvalue weighted by molar-refractivity contribution is 5.23. The van der Waals surface area contributed by atoms with Crippen molar-refractivity contribution in [3.63, 3.8) is 0 Å². The molecule has 0 aromatic carbocycles. The Kier molecular flexibility index (Phi) is 5.33. The van der Waals surface area contributed by atoms with Crippen molar-refractivity contribution in [2.45, 2.75) is 38.7 Å². The zero-order chi connectivity index (χ0) is 15.4. The smallest absolute Gasteiger partial charge is 0.351 e. The van der Waals surface area contributed by atoms with E-state index >= 15 is 0 Å². The first-order valence-electron chi connectivity index (χ1n) is 7.19. The molecule has 0 spiro atoms. The summed E-state index contributed by atoms with van der Waals surface area (Å²) in [6.45, 7) is 5.09. The second-order valence-corrected chi connectivity index (χ2v) is 5.20. The first-order valence-corrected chi connectivity index (χ1v) is 7.19. The number of ether oxygens (including phenoxy) is 3. The molecule has 0 saturated carbocycles. The van der Waals surface area contributed by atoms with Gasteiger partial charge in [-0.1, -0.05) is 13.8 Å². The van der Waals surface area contributed by atoms with E-state index in [1.807, 2.05) is 0 Å². The summed E-state index contributed by atoms with van der Waals surface area (Å²) >= 11 is 0. The molecule has 2 N–H and O–H groups in total. The Morgan fingerprint density at radius 3 is 2.86 bits per heavy atom. The molecule has 4 atom stereocenters. The van der Waals surface area contributed by atoms with Crippen LogP contribution in [0.25, 0.3) is 0 Å². The van der Waals surface area contributed by atoms with E-state index in [4.69, 9.17) is 19.9 Å². The Labute approximate surface area is 124 Å². The minimum Gasteiger partial charge on any atom is -0.383 e. The second-order valence-electron chi connectivity index (χ2n) is 5.20. The fourth-order valence-corrected chi connectivity index (χ4v) is 2.66. The summed E-state index contributed by atoms with van der Waals surface area (Å²) in [5.74, 6) is 0.382. The summed E-state index contributed by atoms with van der Waals surface area (Å²) in [4.78, 5) is 15.8. The maximum atomic E-state index is 12.0. The average molecular weight is 297 g/mol. The van der Waals surface area contributed by atoms with Crippen LogP contribution in [0, 0.1) is 5.92 Å². The molecular formula is C14H23N3O4. The molecule has 0 unspecified atom stereocenters. The molecule has 0 aliphatic carbocycles. The first kappa shape index (κ1) is 15.9. The Balaban J connectivity index is 2.23. The molecule has 0 radical (unpaired) electrons. The van der Waals surface area contributed by atoms with Gasteiger partial charge in [-0.25, -0.2) is 4.79 Å². The van der Waals surface area contributed by atoms with Gasteiger partial charge in [-0.3, -0.25) is 4.57 Å². The number of aromatic nitrogens is 2. The fourth-order valence-electron chi connectivity index (χ4n) is 2.66. The lowest BCUT2D eigenvalue weighted by Gasteiger charge is -2.22. The summed E-state index contributed by atoms with van der Waals surface area (Å²) in [5.41, 5.74) is 5.10. The van der Waals surface area contributed by atoms with Gasteiger partial charge in [-0.2, -0.15) is 4.98 Å². The number of methoxy groups -OCH3 is 1. The molecule has 2 rings (SSSR count). The van der Waals surface area contributed by atoms with Gasteiger partial charge in [0.15, 0.2) is 6.23 Å². The van der Waals surface area contributed by atoms with Crippen LogP contribution in [-0.2, 0) is 14.2 Å². The summed E-state index contributed by atoms with van der Waals surface area (Å²) in [6.07, 6.45) is 1.81. The van der Waals surface area contributed by atoms with Crippen LogP contribution >= 0.6 is 0 Å². The van der Waals surface area contributed by atoms with E-state index in [1.165, 1.54) is 4.57 Å². The third kappa shape index (κ3) is 3.42. The molecule has 1 fully saturated rings. The van der Waals surface area contributed by atoms with Crippen molar-refractivity contribution in [2.75, 3.05) is 26.1 Å². The van der Waals surface area contributed by atoms with Gasteiger partial charge in [0.05, 0.1) is 19.3 Å². The minimum absolute atomic E-state index is 0.0481. The van der Waals surface area contributed by atoms with Crippen LogP contribution < -0.4 is 11.4 Å². The summed E-state index contributed by atoms with van der Waals surface area (Å²) < 4.78 is 18.3. The van der Waals surface area contributed by atoms with E-state index in [0.29, 0.717) is 13.2 Å². The van der Waals surface area contributed by atoms with E-state index in [2.05, 4.69) is 18.8 Å². The molecule has 7 heteroatoms. The monoisotopic (exact) mass is 297 g/mol. The molecule has 2 heterocycles. The van der Waals surface area contributed by atoms with Crippen LogP contribution in [0.1, 0.15) is 26.5 Å². The number of nitrogens with zero attached hydrogens (tertiary/aromatic N) is 2. The highest BCUT2D eigenvalue weighted by atomic mass is 16.6. The highest BCUT2D eigenvalue weighted by Gasteiger charge is 2.43. The van der Waals surface area contributed by atoms with Crippen LogP contribution in [-0.4, -0.2) is 42.1 Å². The van der Waals surface area contributed by atoms with Crippen LogP contribution in [0.4, 0.5) is 5.82 Å². The molecule has 118 valence electrons. The molecule has 1 saturated heterocycles. The lowest BCUT2D eigenvalue weighted by molar-refractivity contribution is -0.0743. The Morgan fingerprint density at radius 2 is 2.24 bits per heavy atom. The lowest BCUT2D eigenvalue weighted by Crippen LogP contribution is -2.35. The molecule has 1 aliphatic heterocycles. The van der Waals surface area contributed by atoms with Gasteiger partial charge < -0.3 is 19.9 Å². The van der Waals surface area contributed by atoms with Crippen LogP contribution in [0.15, 0.2) is 17.1 Å². The molecule has 1 aliphatic rings. The number of rotatable bonds is 6. The van der Waals surface area contributed by atoms with Crippen molar-refractivity contribution in [3.8, 4) is 0 Å². The maximum Gasteiger partial charge on any atom is 0.351 e. The van der Waals surface area contributed by atoms with Gasteiger partial charge >= 0.3 is 5.69 Å². The van der Waals surface area contributed by atoms with E-state index in [0.717, 1.165) is 6.42 Å². The molecule has 0 amide bonds. The molecule has 7 nitrogen and oxygen atoms in total. The lowest BCUT2D eigenvalue weighted by atomic mass is 9.98.